The van der Waals surface area contributed by atoms with Crippen molar-refractivity contribution in [1.29, 1.82) is 0 Å². The lowest BCUT2D eigenvalue weighted by molar-refractivity contribution is 0.102. The maximum Gasteiger partial charge on any atom is 0.277 e. The SMILES string of the molecule is COc1cnc(C(=O)Nc2ccc(F)c([C@]3(C)CS(O)(O)C(C)(C)C(N)=N3)n2)cn1. The standard InChI is InChI=1S/C18H23FN6O4S/c1-17(2)16(20)25-18(3,9-30(17,27)28)14-10(19)5-6-12(23-14)24-15(26)11-7-22-13(29-4)8-21-11/h5-8,27-28H,9H2,1-4H3,(H2,20,25)(H,23,24,26)/t18-/m0/s1. The summed E-state index contributed by atoms with van der Waals surface area (Å²) in [6.45, 7) is 4.64. The summed E-state index contributed by atoms with van der Waals surface area (Å²) in [6.07, 6.45) is 2.51. The highest BCUT2D eigenvalue weighted by Crippen LogP contribution is 2.59. The van der Waals surface area contributed by atoms with Gasteiger partial charge in [0.2, 0.25) is 5.88 Å². The maximum absolute atomic E-state index is 14.6. The van der Waals surface area contributed by atoms with Crippen molar-refractivity contribution in [2.45, 2.75) is 31.1 Å². The first-order chi connectivity index (χ1) is 13.9. The van der Waals surface area contributed by atoms with Gasteiger partial charge in [-0.15, -0.1) is 0 Å². The number of carbonyl (C=O) groups excluding carboxylic acids is 1. The van der Waals surface area contributed by atoms with Crippen LogP contribution in [-0.4, -0.2) is 53.4 Å². The van der Waals surface area contributed by atoms with E-state index in [1.807, 2.05) is 0 Å². The van der Waals surface area contributed by atoms with E-state index in [-0.39, 0.29) is 34.7 Å². The lowest BCUT2D eigenvalue weighted by atomic mass is 9.98. The van der Waals surface area contributed by atoms with Crippen molar-refractivity contribution in [2.75, 3.05) is 18.2 Å². The molecule has 3 heterocycles. The average molecular weight is 438 g/mol. The molecule has 2 aromatic rings. The topological polar surface area (TPSA) is 156 Å². The summed E-state index contributed by atoms with van der Waals surface area (Å²) in [7, 11) is -1.83. The highest BCUT2D eigenvalue weighted by molar-refractivity contribution is 8.26. The van der Waals surface area contributed by atoms with Crippen molar-refractivity contribution >= 4 is 28.2 Å². The van der Waals surface area contributed by atoms with E-state index in [1.165, 1.54) is 32.5 Å². The Morgan fingerprint density at radius 1 is 1.27 bits per heavy atom. The normalized spacial score (nSPS) is 23.2. The molecule has 0 unspecified atom stereocenters. The van der Waals surface area contributed by atoms with Gasteiger partial charge in [0.1, 0.15) is 39.1 Å². The minimum atomic E-state index is -3.25. The molecular formula is C18H23FN6O4S. The fourth-order valence-corrected chi connectivity index (χ4v) is 4.63. The molecule has 0 radical (unpaired) electrons. The number of ether oxygens (including phenoxy) is 1. The predicted molar refractivity (Wildman–Crippen MR) is 112 cm³/mol. The quantitative estimate of drug-likeness (QED) is 0.567. The minimum Gasteiger partial charge on any atom is -0.480 e. The van der Waals surface area contributed by atoms with E-state index < -0.39 is 32.6 Å². The fourth-order valence-electron chi connectivity index (χ4n) is 2.90. The smallest absolute Gasteiger partial charge is 0.277 e. The molecule has 12 heteroatoms. The van der Waals surface area contributed by atoms with Crippen LogP contribution >= 0.6 is 10.6 Å². The number of hydrogen-bond donors (Lipinski definition) is 4. The second-order valence-corrected chi connectivity index (χ2v) is 10.2. The number of rotatable bonds is 4. The lowest BCUT2D eigenvalue weighted by Crippen LogP contribution is -2.52. The number of aliphatic imine (C=N–C) groups is 1. The van der Waals surface area contributed by atoms with Crippen LogP contribution in [0.3, 0.4) is 0 Å². The fraction of sp³-hybridized carbons (Fsp3) is 0.389. The minimum absolute atomic E-state index is 0.00513. The van der Waals surface area contributed by atoms with Gasteiger partial charge in [0, 0.05) is 0 Å². The summed E-state index contributed by atoms with van der Waals surface area (Å²) in [4.78, 5) is 28.7. The van der Waals surface area contributed by atoms with Gasteiger partial charge in [0.25, 0.3) is 5.91 Å². The third kappa shape index (κ3) is 3.80. The molecule has 2 aromatic heterocycles. The first-order valence-electron chi connectivity index (χ1n) is 8.85. The molecule has 0 bridgehead atoms. The molecule has 1 aliphatic heterocycles. The van der Waals surface area contributed by atoms with E-state index in [4.69, 9.17) is 10.5 Å². The van der Waals surface area contributed by atoms with Crippen LogP contribution in [0.2, 0.25) is 0 Å². The molecule has 0 saturated heterocycles. The molecule has 1 aliphatic rings. The third-order valence-corrected chi connectivity index (χ3v) is 7.76. The van der Waals surface area contributed by atoms with E-state index in [1.54, 1.807) is 13.8 Å². The second-order valence-electron chi connectivity index (χ2n) is 7.52. The van der Waals surface area contributed by atoms with E-state index in [9.17, 15) is 18.3 Å². The first kappa shape index (κ1) is 21.9. The number of anilines is 1. The van der Waals surface area contributed by atoms with Crippen molar-refractivity contribution in [3.05, 3.63) is 41.7 Å². The Kier molecular flexibility index (Phi) is 5.43. The summed E-state index contributed by atoms with van der Waals surface area (Å²) in [5.74, 6) is -1.33. The molecule has 0 saturated carbocycles. The summed E-state index contributed by atoms with van der Waals surface area (Å²) in [5.41, 5.74) is 4.39. The van der Waals surface area contributed by atoms with E-state index in [2.05, 4.69) is 25.3 Å². The number of hydrogen-bond acceptors (Lipinski definition) is 9. The van der Waals surface area contributed by atoms with Crippen molar-refractivity contribution in [3.8, 4) is 5.88 Å². The van der Waals surface area contributed by atoms with Gasteiger partial charge < -0.3 is 15.8 Å². The van der Waals surface area contributed by atoms with Crippen molar-refractivity contribution in [2.24, 2.45) is 10.7 Å². The number of aromatic nitrogens is 3. The molecule has 0 aliphatic carbocycles. The van der Waals surface area contributed by atoms with Crippen molar-refractivity contribution < 1.29 is 23.0 Å². The Morgan fingerprint density at radius 2 is 1.97 bits per heavy atom. The zero-order valence-electron chi connectivity index (χ0n) is 16.9. The maximum atomic E-state index is 14.6. The van der Waals surface area contributed by atoms with Crippen LogP contribution in [0.15, 0.2) is 29.5 Å². The van der Waals surface area contributed by atoms with Gasteiger partial charge in [0.15, 0.2) is 0 Å². The Balaban J connectivity index is 1.93. The largest absolute Gasteiger partial charge is 0.480 e. The third-order valence-electron chi connectivity index (χ3n) is 4.95. The Morgan fingerprint density at radius 3 is 2.53 bits per heavy atom. The van der Waals surface area contributed by atoms with Crippen molar-refractivity contribution in [1.82, 2.24) is 15.0 Å². The van der Waals surface area contributed by atoms with Gasteiger partial charge >= 0.3 is 0 Å². The van der Waals surface area contributed by atoms with E-state index in [0.717, 1.165) is 6.07 Å². The van der Waals surface area contributed by atoms with Crippen LogP contribution in [0, 0.1) is 5.82 Å². The lowest BCUT2D eigenvalue weighted by Gasteiger charge is -2.52. The van der Waals surface area contributed by atoms with Crippen LogP contribution in [0.25, 0.3) is 0 Å². The molecule has 1 amide bonds. The van der Waals surface area contributed by atoms with Crippen LogP contribution in [-0.2, 0) is 5.54 Å². The van der Waals surface area contributed by atoms with Crippen LogP contribution in [0.4, 0.5) is 10.2 Å². The number of nitrogens with zero attached hydrogens (tertiary/aromatic N) is 4. The van der Waals surface area contributed by atoms with E-state index >= 15 is 0 Å². The van der Waals surface area contributed by atoms with Crippen LogP contribution in [0.5, 0.6) is 5.88 Å². The zero-order chi connectivity index (χ0) is 22.3. The number of nitrogens with one attached hydrogen (secondary N) is 1. The monoisotopic (exact) mass is 438 g/mol. The summed E-state index contributed by atoms with van der Waals surface area (Å²) >= 11 is 0. The van der Waals surface area contributed by atoms with Gasteiger partial charge in [-0.3, -0.25) is 18.9 Å². The molecule has 1 atom stereocenters. The molecule has 5 N–H and O–H groups in total. The number of halogens is 1. The second kappa shape index (κ2) is 7.45. The predicted octanol–water partition coefficient (Wildman–Crippen LogP) is 2.39. The Bertz CT molecular complexity index is 1010. The van der Waals surface area contributed by atoms with Crippen LogP contribution < -0.4 is 15.8 Å². The number of methoxy groups -OCH3 is 1. The Hall–Kier alpha value is -2.83. The van der Waals surface area contributed by atoms with Gasteiger partial charge in [0.05, 0.1) is 25.3 Å². The van der Waals surface area contributed by atoms with Gasteiger partial charge in [-0.05, 0) is 32.9 Å². The number of carbonyl (C=O) groups is 1. The summed E-state index contributed by atoms with van der Waals surface area (Å²) in [5, 5.41) is 2.51. The Labute approximate surface area is 174 Å². The molecule has 0 spiro atoms. The number of amides is 1. The number of nitrogens with two attached hydrogens (primary N) is 1. The number of amidine groups is 1. The van der Waals surface area contributed by atoms with Gasteiger partial charge in [-0.2, -0.15) is 10.6 Å². The first-order valence-corrected chi connectivity index (χ1v) is 10.6. The molecule has 0 fully saturated rings. The summed E-state index contributed by atoms with van der Waals surface area (Å²) in [6, 6.07) is 2.38. The average Bonchev–Trinajstić information content (AvgIpc) is 2.67. The highest BCUT2D eigenvalue weighted by atomic mass is 32.3. The zero-order valence-corrected chi connectivity index (χ0v) is 17.7. The highest BCUT2D eigenvalue weighted by Gasteiger charge is 2.50. The molecule has 30 heavy (non-hydrogen) atoms. The van der Waals surface area contributed by atoms with E-state index in [0.29, 0.717) is 0 Å². The molecule has 162 valence electrons. The van der Waals surface area contributed by atoms with Crippen molar-refractivity contribution in [3.63, 3.8) is 0 Å². The van der Waals surface area contributed by atoms with Crippen LogP contribution in [0.1, 0.15) is 37.0 Å². The molecule has 3 rings (SSSR count). The molecular weight excluding hydrogens is 415 g/mol. The van der Waals surface area contributed by atoms with Gasteiger partial charge in [-0.1, -0.05) is 0 Å². The summed E-state index contributed by atoms with van der Waals surface area (Å²) < 4.78 is 39.6. The number of pyridine rings is 1. The molecule has 10 nitrogen and oxygen atoms in total. The van der Waals surface area contributed by atoms with Gasteiger partial charge in [-0.25, -0.2) is 19.3 Å². The molecule has 0 aromatic carbocycles.